The van der Waals surface area contributed by atoms with Crippen molar-refractivity contribution in [3.05, 3.63) is 82.9 Å². The molecule has 0 bridgehead atoms. The van der Waals surface area contributed by atoms with Crippen molar-refractivity contribution in [3.63, 3.8) is 0 Å². The fourth-order valence-corrected chi connectivity index (χ4v) is 4.22. The van der Waals surface area contributed by atoms with Crippen molar-refractivity contribution in [1.29, 1.82) is 0 Å². The summed E-state index contributed by atoms with van der Waals surface area (Å²) in [6.45, 7) is 5.72. The van der Waals surface area contributed by atoms with Crippen LogP contribution in [0.4, 0.5) is 11.4 Å². The average Bonchev–Trinajstić information content (AvgIpc) is 2.75. The molecule has 1 atom stereocenters. The Balaban J connectivity index is 1.67. The number of halogens is 1. The maximum atomic E-state index is 12.7. The number of benzene rings is 3. The normalized spacial score (nSPS) is 12.1. The van der Waals surface area contributed by atoms with Crippen LogP contribution < -0.4 is 14.8 Å². The van der Waals surface area contributed by atoms with E-state index in [9.17, 15) is 13.2 Å². The lowest BCUT2D eigenvalue weighted by atomic mass is 10.1. The lowest BCUT2D eigenvalue weighted by Gasteiger charge is -2.17. The van der Waals surface area contributed by atoms with Crippen LogP contribution in [0.5, 0.6) is 5.75 Å². The van der Waals surface area contributed by atoms with Crippen LogP contribution in [0.2, 0.25) is 5.02 Å². The molecule has 2 N–H and O–H groups in total. The summed E-state index contributed by atoms with van der Waals surface area (Å²) in [5, 5.41) is 3.28. The third kappa shape index (κ3) is 6.02. The number of carbonyl (C=O) groups excluding carboxylic acids is 1. The molecule has 8 heteroatoms. The molecule has 0 aromatic heterocycles. The number of sulfonamides is 1. The largest absolute Gasteiger partial charge is 0.481 e. The highest BCUT2D eigenvalue weighted by Gasteiger charge is 2.20. The van der Waals surface area contributed by atoms with Gasteiger partial charge in [-0.25, -0.2) is 8.42 Å². The molecule has 3 aromatic rings. The quantitative estimate of drug-likeness (QED) is 0.450. The Morgan fingerprint density at radius 2 is 1.66 bits per heavy atom. The second-order valence-electron chi connectivity index (χ2n) is 7.39. The van der Waals surface area contributed by atoms with E-state index in [0.717, 1.165) is 11.1 Å². The molecule has 0 aliphatic heterocycles. The summed E-state index contributed by atoms with van der Waals surface area (Å²) in [6.07, 6.45) is -0.270. The Morgan fingerprint density at radius 3 is 2.28 bits per heavy atom. The summed E-state index contributed by atoms with van der Waals surface area (Å²) < 4.78 is 33.7. The van der Waals surface area contributed by atoms with Gasteiger partial charge in [0.25, 0.3) is 15.9 Å². The van der Waals surface area contributed by atoms with E-state index in [0.29, 0.717) is 28.6 Å². The summed E-state index contributed by atoms with van der Waals surface area (Å²) in [5.74, 6) is 0.162. The Kier molecular flexibility index (Phi) is 7.43. The van der Waals surface area contributed by atoms with Crippen LogP contribution in [-0.4, -0.2) is 20.4 Å². The monoisotopic (exact) mass is 472 g/mol. The van der Waals surface area contributed by atoms with E-state index in [2.05, 4.69) is 10.0 Å². The molecule has 0 aliphatic carbocycles. The maximum absolute atomic E-state index is 12.7. The van der Waals surface area contributed by atoms with E-state index >= 15 is 0 Å². The molecule has 32 heavy (non-hydrogen) atoms. The minimum atomic E-state index is -3.75. The van der Waals surface area contributed by atoms with Gasteiger partial charge < -0.3 is 10.1 Å². The number of aryl methyl sites for hydroxylation is 2. The number of anilines is 2. The molecule has 0 aliphatic rings. The van der Waals surface area contributed by atoms with Gasteiger partial charge in [0.05, 0.1) is 4.90 Å². The molecular weight excluding hydrogens is 448 g/mol. The summed E-state index contributed by atoms with van der Waals surface area (Å²) in [4.78, 5) is 12.7. The van der Waals surface area contributed by atoms with Crippen molar-refractivity contribution in [2.24, 2.45) is 0 Å². The van der Waals surface area contributed by atoms with E-state index < -0.39 is 16.1 Å². The summed E-state index contributed by atoms with van der Waals surface area (Å²) >= 11 is 5.96. The standard InChI is InChI=1S/C24H25ClN2O4S/c1-4-23(31-21-7-5-6-18(25)15-21)24(28)26-19-10-12-22(13-11-19)32(29,30)27-20-9-8-16(2)17(3)14-20/h5-15,23,27H,4H2,1-3H3,(H,26,28). The SMILES string of the molecule is CCC(Oc1cccc(Cl)c1)C(=O)Nc1ccc(S(=O)(=O)Nc2ccc(C)c(C)c2)cc1. The van der Waals surface area contributed by atoms with Crippen molar-refractivity contribution in [2.45, 2.75) is 38.2 Å². The van der Waals surface area contributed by atoms with Gasteiger partial charge in [0, 0.05) is 16.4 Å². The van der Waals surface area contributed by atoms with Gasteiger partial charge in [-0.05, 0) is 86.0 Å². The van der Waals surface area contributed by atoms with E-state index in [-0.39, 0.29) is 10.8 Å². The Bertz CT molecular complexity index is 1210. The first-order valence-electron chi connectivity index (χ1n) is 10.1. The molecule has 6 nitrogen and oxygen atoms in total. The van der Waals surface area contributed by atoms with Crippen molar-refractivity contribution in [1.82, 2.24) is 0 Å². The summed E-state index contributed by atoms with van der Waals surface area (Å²) in [7, 11) is -3.75. The van der Waals surface area contributed by atoms with Crippen LogP contribution in [0.3, 0.4) is 0 Å². The highest BCUT2D eigenvalue weighted by Crippen LogP contribution is 2.22. The molecule has 0 fully saturated rings. The first-order chi connectivity index (χ1) is 15.2. The number of ether oxygens (including phenoxy) is 1. The average molecular weight is 473 g/mol. The molecule has 168 valence electrons. The minimum Gasteiger partial charge on any atom is -0.481 e. The molecule has 0 radical (unpaired) electrons. The first-order valence-corrected chi connectivity index (χ1v) is 12.0. The van der Waals surface area contributed by atoms with E-state index in [4.69, 9.17) is 16.3 Å². The van der Waals surface area contributed by atoms with E-state index in [1.165, 1.54) is 12.1 Å². The zero-order valence-corrected chi connectivity index (χ0v) is 19.6. The molecule has 0 spiro atoms. The van der Waals surface area contributed by atoms with Crippen LogP contribution in [-0.2, 0) is 14.8 Å². The van der Waals surface area contributed by atoms with Crippen LogP contribution in [0.1, 0.15) is 24.5 Å². The van der Waals surface area contributed by atoms with Gasteiger partial charge in [-0.1, -0.05) is 30.7 Å². The van der Waals surface area contributed by atoms with E-state index in [1.807, 2.05) is 26.8 Å². The number of hydrogen-bond acceptors (Lipinski definition) is 4. The van der Waals surface area contributed by atoms with Gasteiger partial charge in [0.1, 0.15) is 5.75 Å². The molecule has 3 rings (SSSR count). The van der Waals surface area contributed by atoms with Crippen molar-refractivity contribution < 1.29 is 17.9 Å². The lowest BCUT2D eigenvalue weighted by Crippen LogP contribution is -2.32. The van der Waals surface area contributed by atoms with Crippen molar-refractivity contribution in [2.75, 3.05) is 10.0 Å². The molecule has 1 unspecified atom stereocenters. The highest BCUT2D eigenvalue weighted by molar-refractivity contribution is 7.92. The summed E-state index contributed by atoms with van der Waals surface area (Å²) in [5.41, 5.74) is 3.04. The Morgan fingerprint density at radius 1 is 0.969 bits per heavy atom. The topological polar surface area (TPSA) is 84.5 Å². The number of carbonyl (C=O) groups is 1. The van der Waals surface area contributed by atoms with Gasteiger partial charge in [0.2, 0.25) is 0 Å². The number of rotatable bonds is 8. The Labute approximate surface area is 193 Å². The zero-order valence-electron chi connectivity index (χ0n) is 18.1. The number of nitrogens with one attached hydrogen (secondary N) is 2. The van der Waals surface area contributed by atoms with Crippen LogP contribution >= 0.6 is 11.6 Å². The van der Waals surface area contributed by atoms with E-state index in [1.54, 1.807) is 48.5 Å². The highest BCUT2D eigenvalue weighted by atomic mass is 35.5. The van der Waals surface area contributed by atoms with Crippen LogP contribution in [0.25, 0.3) is 0 Å². The van der Waals surface area contributed by atoms with Gasteiger partial charge in [-0.2, -0.15) is 0 Å². The molecule has 0 saturated carbocycles. The van der Waals surface area contributed by atoms with Crippen molar-refractivity contribution in [3.8, 4) is 5.75 Å². The van der Waals surface area contributed by atoms with Gasteiger partial charge in [-0.15, -0.1) is 0 Å². The second kappa shape index (κ2) is 10.1. The third-order valence-electron chi connectivity index (χ3n) is 4.93. The predicted octanol–water partition coefficient (Wildman–Crippen LogP) is 5.55. The summed E-state index contributed by atoms with van der Waals surface area (Å²) in [6, 6.07) is 18.2. The molecule has 0 heterocycles. The third-order valence-corrected chi connectivity index (χ3v) is 6.56. The molecule has 3 aromatic carbocycles. The Hall–Kier alpha value is -3.03. The molecular formula is C24H25ClN2O4S. The van der Waals surface area contributed by atoms with Gasteiger partial charge in [0.15, 0.2) is 6.10 Å². The van der Waals surface area contributed by atoms with Crippen molar-refractivity contribution >= 4 is 38.9 Å². The fraction of sp³-hybridized carbons (Fsp3) is 0.208. The second-order valence-corrected chi connectivity index (χ2v) is 9.51. The number of amides is 1. The fourth-order valence-electron chi connectivity index (χ4n) is 2.99. The molecule has 1 amide bonds. The van der Waals surface area contributed by atoms with Gasteiger partial charge >= 0.3 is 0 Å². The molecule has 0 saturated heterocycles. The van der Waals surface area contributed by atoms with Crippen LogP contribution in [0.15, 0.2) is 71.6 Å². The van der Waals surface area contributed by atoms with Gasteiger partial charge in [-0.3, -0.25) is 9.52 Å². The lowest BCUT2D eigenvalue weighted by molar-refractivity contribution is -0.122. The minimum absolute atomic E-state index is 0.0935. The number of hydrogen-bond donors (Lipinski definition) is 2. The zero-order chi connectivity index (χ0) is 23.3. The maximum Gasteiger partial charge on any atom is 0.265 e. The first kappa shape index (κ1) is 23.6. The smallest absolute Gasteiger partial charge is 0.265 e. The predicted molar refractivity (Wildman–Crippen MR) is 128 cm³/mol. The van der Waals surface area contributed by atoms with Crippen LogP contribution in [0, 0.1) is 13.8 Å².